The second kappa shape index (κ2) is 7.57. The van der Waals surface area contributed by atoms with Gasteiger partial charge in [-0.15, -0.1) is 5.10 Å². The lowest BCUT2D eigenvalue weighted by atomic mass is 10.0. The van der Waals surface area contributed by atoms with Crippen molar-refractivity contribution in [3.8, 4) is 11.4 Å². The van der Waals surface area contributed by atoms with E-state index in [-0.39, 0.29) is 11.9 Å². The molecular weight excluding hydrogens is 342 g/mol. The second-order valence-electron chi connectivity index (χ2n) is 6.46. The van der Waals surface area contributed by atoms with Crippen molar-refractivity contribution in [1.82, 2.24) is 25.1 Å². The molecule has 1 saturated heterocycles. The van der Waals surface area contributed by atoms with Crippen LogP contribution in [0.4, 0.5) is 0 Å². The molecule has 7 nitrogen and oxygen atoms in total. The monoisotopic (exact) mass is 363 g/mol. The van der Waals surface area contributed by atoms with Crippen LogP contribution in [0.1, 0.15) is 41.7 Å². The smallest absolute Gasteiger partial charge is 0.254 e. The summed E-state index contributed by atoms with van der Waals surface area (Å²) in [4.78, 5) is 15.0. The van der Waals surface area contributed by atoms with Crippen LogP contribution < -0.4 is 4.74 Å². The van der Waals surface area contributed by atoms with E-state index in [9.17, 15) is 4.79 Å². The summed E-state index contributed by atoms with van der Waals surface area (Å²) in [5, 5.41) is 11.1. The Morgan fingerprint density at radius 1 is 1.15 bits per heavy atom. The van der Waals surface area contributed by atoms with Crippen molar-refractivity contribution in [2.24, 2.45) is 0 Å². The van der Waals surface area contributed by atoms with E-state index in [1.807, 2.05) is 48.2 Å². The molecule has 1 atom stereocenters. The van der Waals surface area contributed by atoms with Gasteiger partial charge in [-0.2, -0.15) is 0 Å². The third kappa shape index (κ3) is 3.53. The normalized spacial score (nSPS) is 16.5. The lowest BCUT2D eigenvalue weighted by Crippen LogP contribution is -2.30. The van der Waals surface area contributed by atoms with Crippen molar-refractivity contribution in [3.05, 3.63) is 66.0 Å². The lowest BCUT2D eigenvalue weighted by molar-refractivity contribution is 0.0735. The van der Waals surface area contributed by atoms with E-state index in [0.717, 1.165) is 36.4 Å². The molecule has 0 bridgehead atoms. The summed E-state index contributed by atoms with van der Waals surface area (Å²) in [6, 6.07) is 15.5. The number of tetrazole rings is 1. The van der Waals surface area contributed by atoms with E-state index in [4.69, 9.17) is 4.74 Å². The SMILES string of the molecule is CCOc1ccc(C2CCCN2C(=O)c2ccc(-n3cnnn3)cc2)cc1. The van der Waals surface area contributed by atoms with Crippen molar-refractivity contribution in [2.45, 2.75) is 25.8 Å². The molecule has 1 fully saturated rings. The van der Waals surface area contributed by atoms with E-state index in [1.54, 1.807) is 4.68 Å². The molecule has 138 valence electrons. The van der Waals surface area contributed by atoms with Crippen LogP contribution in [0.2, 0.25) is 0 Å². The van der Waals surface area contributed by atoms with E-state index in [1.165, 1.54) is 6.33 Å². The van der Waals surface area contributed by atoms with Gasteiger partial charge in [0.25, 0.3) is 5.91 Å². The van der Waals surface area contributed by atoms with Gasteiger partial charge < -0.3 is 9.64 Å². The number of carbonyl (C=O) groups is 1. The highest BCUT2D eigenvalue weighted by atomic mass is 16.5. The predicted octanol–water partition coefficient (Wildman–Crippen LogP) is 3.04. The van der Waals surface area contributed by atoms with Crippen LogP contribution in [0.15, 0.2) is 54.9 Å². The van der Waals surface area contributed by atoms with Crippen molar-refractivity contribution >= 4 is 5.91 Å². The van der Waals surface area contributed by atoms with Crippen LogP contribution in [-0.4, -0.2) is 44.2 Å². The number of aromatic nitrogens is 4. The van der Waals surface area contributed by atoms with Crippen molar-refractivity contribution in [1.29, 1.82) is 0 Å². The first-order valence-electron chi connectivity index (χ1n) is 9.13. The van der Waals surface area contributed by atoms with Crippen LogP contribution >= 0.6 is 0 Å². The molecule has 1 aliphatic heterocycles. The topological polar surface area (TPSA) is 73.1 Å². The number of amides is 1. The average Bonchev–Trinajstić information content (AvgIpc) is 3.41. The van der Waals surface area contributed by atoms with E-state index in [2.05, 4.69) is 27.7 Å². The van der Waals surface area contributed by atoms with Crippen LogP contribution in [0.3, 0.4) is 0 Å². The molecule has 7 heteroatoms. The predicted molar refractivity (Wildman–Crippen MR) is 99.8 cm³/mol. The minimum atomic E-state index is 0.0506. The molecule has 1 unspecified atom stereocenters. The summed E-state index contributed by atoms with van der Waals surface area (Å²) >= 11 is 0. The minimum Gasteiger partial charge on any atom is -0.494 e. The van der Waals surface area contributed by atoms with Gasteiger partial charge in [-0.3, -0.25) is 4.79 Å². The molecular formula is C20H21N5O2. The Balaban J connectivity index is 1.52. The first-order chi connectivity index (χ1) is 13.3. The van der Waals surface area contributed by atoms with Gasteiger partial charge in [0.2, 0.25) is 0 Å². The maximum Gasteiger partial charge on any atom is 0.254 e. The Hall–Kier alpha value is -3.22. The van der Waals surface area contributed by atoms with Crippen molar-refractivity contribution < 1.29 is 9.53 Å². The summed E-state index contributed by atoms with van der Waals surface area (Å²) in [7, 11) is 0. The maximum atomic E-state index is 13.1. The fraction of sp³-hybridized carbons (Fsp3) is 0.300. The quantitative estimate of drug-likeness (QED) is 0.697. The first-order valence-corrected chi connectivity index (χ1v) is 9.13. The van der Waals surface area contributed by atoms with Crippen LogP contribution in [0.25, 0.3) is 5.69 Å². The summed E-state index contributed by atoms with van der Waals surface area (Å²) in [5.41, 5.74) is 2.64. The number of nitrogens with zero attached hydrogens (tertiary/aromatic N) is 5. The van der Waals surface area contributed by atoms with Crippen LogP contribution in [-0.2, 0) is 0 Å². The Morgan fingerprint density at radius 3 is 2.59 bits per heavy atom. The number of likely N-dealkylation sites (tertiary alicyclic amines) is 1. The molecule has 0 N–H and O–H groups in total. The zero-order chi connectivity index (χ0) is 18.6. The molecule has 0 spiro atoms. The van der Waals surface area contributed by atoms with Gasteiger partial charge in [-0.1, -0.05) is 12.1 Å². The molecule has 3 aromatic rings. The van der Waals surface area contributed by atoms with Crippen LogP contribution in [0, 0.1) is 0 Å². The minimum absolute atomic E-state index is 0.0506. The number of ether oxygens (including phenoxy) is 1. The maximum absolute atomic E-state index is 13.1. The Kier molecular flexibility index (Phi) is 4.82. The molecule has 1 aliphatic rings. The molecule has 4 rings (SSSR count). The second-order valence-corrected chi connectivity index (χ2v) is 6.46. The third-order valence-corrected chi connectivity index (χ3v) is 4.82. The van der Waals surface area contributed by atoms with E-state index in [0.29, 0.717) is 12.2 Å². The van der Waals surface area contributed by atoms with E-state index < -0.39 is 0 Å². The number of hydrogen-bond donors (Lipinski definition) is 0. The molecule has 0 radical (unpaired) electrons. The highest BCUT2D eigenvalue weighted by Crippen LogP contribution is 2.34. The molecule has 27 heavy (non-hydrogen) atoms. The Morgan fingerprint density at radius 2 is 1.93 bits per heavy atom. The van der Waals surface area contributed by atoms with Crippen molar-refractivity contribution in [2.75, 3.05) is 13.2 Å². The zero-order valence-electron chi connectivity index (χ0n) is 15.2. The summed E-state index contributed by atoms with van der Waals surface area (Å²) in [6.07, 6.45) is 3.51. The number of carbonyl (C=O) groups excluding carboxylic acids is 1. The highest BCUT2D eigenvalue weighted by Gasteiger charge is 2.30. The fourth-order valence-electron chi connectivity index (χ4n) is 3.51. The molecule has 0 saturated carbocycles. The van der Waals surface area contributed by atoms with Gasteiger partial charge in [0.05, 0.1) is 18.3 Å². The molecule has 0 aliphatic carbocycles. The van der Waals surface area contributed by atoms with Gasteiger partial charge in [-0.05, 0) is 72.2 Å². The van der Waals surface area contributed by atoms with Gasteiger partial charge >= 0.3 is 0 Å². The van der Waals surface area contributed by atoms with Crippen LogP contribution in [0.5, 0.6) is 5.75 Å². The van der Waals surface area contributed by atoms with Crippen molar-refractivity contribution in [3.63, 3.8) is 0 Å². The molecule has 2 aromatic carbocycles. The van der Waals surface area contributed by atoms with Gasteiger partial charge in [0, 0.05) is 12.1 Å². The third-order valence-electron chi connectivity index (χ3n) is 4.82. The fourth-order valence-corrected chi connectivity index (χ4v) is 3.51. The number of hydrogen-bond acceptors (Lipinski definition) is 5. The van der Waals surface area contributed by atoms with E-state index >= 15 is 0 Å². The first kappa shape index (κ1) is 17.2. The van der Waals surface area contributed by atoms with Gasteiger partial charge in [-0.25, -0.2) is 4.68 Å². The van der Waals surface area contributed by atoms with Gasteiger partial charge in [0.15, 0.2) is 0 Å². The molecule has 1 aromatic heterocycles. The summed E-state index contributed by atoms with van der Waals surface area (Å²) in [6.45, 7) is 3.38. The number of benzene rings is 2. The molecule has 1 amide bonds. The molecule has 2 heterocycles. The zero-order valence-corrected chi connectivity index (χ0v) is 15.2. The number of rotatable bonds is 5. The lowest BCUT2D eigenvalue weighted by Gasteiger charge is -2.25. The summed E-state index contributed by atoms with van der Waals surface area (Å²) in [5.74, 6) is 0.907. The highest BCUT2D eigenvalue weighted by molar-refractivity contribution is 5.94. The standard InChI is InChI=1S/C20H21N5O2/c1-2-27-18-11-7-15(8-12-18)19-4-3-13-24(19)20(26)16-5-9-17(10-6-16)25-14-21-22-23-25/h5-12,14,19H,2-4,13H2,1H3. The Labute approximate surface area is 157 Å². The summed E-state index contributed by atoms with van der Waals surface area (Å²) < 4.78 is 7.07. The Bertz CT molecular complexity index is 891. The largest absolute Gasteiger partial charge is 0.494 e. The average molecular weight is 363 g/mol. The van der Waals surface area contributed by atoms with Gasteiger partial charge in [0.1, 0.15) is 12.1 Å².